The second kappa shape index (κ2) is 5.44. The van der Waals surface area contributed by atoms with E-state index >= 15 is 0 Å². The smallest absolute Gasteiger partial charge is 0.250 e. The molecule has 14 heavy (non-hydrogen) atoms. The number of anilines is 1. The van der Waals surface area contributed by atoms with Crippen molar-refractivity contribution in [2.75, 3.05) is 5.73 Å². The van der Waals surface area contributed by atoms with Crippen LogP contribution in [0.15, 0.2) is 12.1 Å². The van der Waals surface area contributed by atoms with Gasteiger partial charge in [0.2, 0.25) is 5.91 Å². The maximum Gasteiger partial charge on any atom is 0.250 e. The Balaban J connectivity index is 0.000000791. The lowest BCUT2D eigenvalue weighted by atomic mass is 10.2. The molecule has 0 aliphatic carbocycles. The zero-order valence-electron chi connectivity index (χ0n) is 7.97. The first-order chi connectivity index (χ1) is 6.52. The summed E-state index contributed by atoms with van der Waals surface area (Å²) in [6, 6.07) is 2.07. The molecule has 0 saturated carbocycles. The first kappa shape index (κ1) is 12.7. The van der Waals surface area contributed by atoms with E-state index < -0.39 is 11.7 Å². The number of hydrogen-bond acceptors (Lipinski definition) is 2. The number of amides is 1. The predicted octanol–water partition coefficient (Wildman–Crippen LogP) is 2.19. The molecule has 0 aliphatic heterocycles. The van der Waals surface area contributed by atoms with Crippen LogP contribution in [-0.4, -0.2) is 5.91 Å². The normalized spacial score (nSPS) is 8.86. The Morgan fingerprint density at radius 1 is 1.43 bits per heavy atom. The summed E-state index contributed by atoms with van der Waals surface area (Å²) in [6.07, 6.45) is 0. The van der Waals surface area contributed by atoms with Gasteiger partial charge in [-0.05, 0) is 12.1 Å². The van der Waals surface area contributed by atoms with Gasteiger partial charge in [-0.15, -0.1) is 0 Å². The van der Waals surface area contributed by atoms with Crippen molar-refractivity contribution in [1.82, 2.24) is 0 Å². The molecular weight excluding hydrogens is 207 g/mol. The second-order valence-corrected chi connectivity index (χ2v) is 2.63. The van der Waals surface area contributed by atoms with Crippen molar-refractivity contribution < 1.29 is 9.18 Å². The molecule has 0 atom stereocenters. The summed E-state index contributed by atoms with van der Waals surface area (Å²) in [5.74, 6) is -1.39. The fraction of sp³-hybridized carbons (Fsp3) is 0.222. The lowest BCUT2D eigenvalue weighted by Crippen LogP contribution is -2.12. The summed E-state index contributed by atoms with van der Waals surface area (Å²) in [7, 11) is 0. The number of primary amides is 1. The Morgan fingerprint density at radius 3 is 2.36 bits per heavy atom. The SMILES string of the molecule is CC.NC(=O)c1cc(N)c(F)cc1Cl. The summed E-state index contributed by atoms with van der Waals surface area (Å²) >= 11 is 5.50. The molecule has 4 N–H and O–H groups in total. The number of hydrogen-bond donors (Lipinski definition) is 2. The number of benzene rings is 1. The van der Waals surface area contributed by atoms with Gasteiger partial charge in [0.15, 0.2) is 0 Å². The van der Waals surface area contributed by atoms with Gasteiger partial charge in [-0.2, -0.15) is 0 Å². The van der Waals surface area contributed by atoms with Crippen molar-refractivity contribution in [3.63, 3.8) is 0 Å². The van der Waals surface area contributed by atoms with Gasteiger partial charge in [0.25, 0.3) is 0 Å². The van der Waals surface area contributed by atoms with Crippen LogP contribution in [0, 0.1) is 5.82 Å². The Labute approximate surface area is 86.8 Å². The summed E-state index contributed by atoms with van der Waals surface area (Å²) in [6.45, 7) is 4.00. The van der Waals surface area contributed by atoms with E-state index in [1.165, 1.54) is 0 Å². The van der Waals surface area contributed by atoms with Crippen molar-refractivity contribution in [2.24, 2.45) is 5.73 Å². The molecule has 0 aromatic heterocycles. The highest BCUT2D eigenvalue weighted by atomic mass is 35.5. The number of nitrogens with two attached hydrogens (primary N) is 2. The third-order valence-corrected chi connectivity index (χ3v) is 1.66. The van der Waals surface area contributed by atoms with Crippen LogP contribution in [0.5, 0.6) is 0 Å². The van der Waals surface area contributed by atoms with E-state index in [0.29, 0.717) is 0 Å². The average Bonchev–Trinajstić information content (AvgIpc) is 2.14. The van der Waals surface area contributed by atoms with Crippen molar-refractivity contribution >= 4 is 23.2 Å². The first-order valence-electron chi connectivity index (χ1n) is 4.06. The van der Waals surface area contributed by atoms with E-state index in [9.17, 15) is 9.18 Å². The Bertz CT molecular complexity index is 342. The third-order valence-electron chi connectivity index (χ3n) is 1.35. The van der Waals surface area contributed by atoms with Gasteiger partial charge < -0.3 is 11.5 Å². The minimum Gasteiger partial charge on any atom is -0.396 e. The van der Waals surface area contributed by atoms with Crippen molar-refractivity contribution in [3.05, 3.63) is 28.5 Å². The van der Waals surface area contributed by atoms with Crippen LogP contribution in [0.2, 0.25) is 5.02 Å². The first-order valence-corrected chi connectivity index (χ1v) is 4.44. The topological polar surface area (TPSA) is 69.1 Å². The van der Waals surface area contributed by atoms with Gasteiger partial charge in [0, 0.05) is 0 Å². The molecule has 1 amide bonds. The highest BCUT2D eigenvalue weighted by molar-refractivity contribution is 6.33. The standard InChI is InChI=1S/C7H6ClFN2O.C2H6/c8-4-2-5(9)6(10)1-3(4)7(11)12;1-2/h1-2H,10H2,(H2,11,12);1-2H3. The zero-order chi connectivity index (χ0) is 11.3. The zero-order valence-corrected chi connectivity index (χ0v) is 8.73. The van der Waals surface area contributed by atoms with E-state index in [0.717, 1.165) is 12.1 Å². The largest absolute Gasteiger partial charge is 0.396 e. The third kappa shape index (κ3) is 2.88. The number of carbonyl (C=O) groups excluding carboxylic acids is 1. The van der Waals surface area contributed by atoms with Crippen LogP contribution in [0.3, 0.4) is 0 Å². The lowest BCUT2D eigenvalue weighted by molar-refractivity contribution is 0.100. The molecule has 1 aromatic carbocycles. The fourth-order valence-corrected chi connectivity index (χ4v) is 0.998. The Hall–Kier alpha value is -1.29. The van der Waals surface area contributed by atoms with Crippen LogP contribution in [0.4, 0.5) is 10.1 Å². The van der Waals surface area contributed by atoms with Crippen LogP contribution >= 0.6 is 11.6 Å². The molecule has 3 nitrogen and oxygen atoms in total. The van der Waals surface area contributed by atoms with Crippen molar-refractivity contribution in [1.29, 1.82) is 0 Å². The number of halogens is 2. The van der Waals surface area contributed by atoms with E-state index in [1.807, 2.05) is 13.8 Å². The highest BCUT2D eigenvalue weighted by Gasteiger charge is 2.09. The summed E-state index contributed by atoms with van der Waals surface area (Å²) in [5, 5.41) is -0.0331. The van der Waals surface area contributed by atoms with Crippen molar-refractivity contribution in [2.45, 2.75) is 13.8 Å². The molecule has 0 fully saturated rings. The van der Waals surface area contributed by atoms with E-state index in [2.05, 4.69) is 0 Å². The maximum atomic E-state index is 12.7. The van der Waals surface area contributed by atoms with Gasteiger partial charge in [-0.25, -0.2) is 4.39 Å². The van der Waals surface area contributed by atoms with Crippen LogP contribution < -0.4 is 11.5 Å². The van der Waals surface area contributed by atoms with Gasteiger partial charge in [0.1, 0.15) is 5.82 Å². The van der Waals surface area contributed by atoms with Crippen molar-refractivity contribution in [3.8, 4) is 0 Å². The molecule has 78 valence electrons. The molecule has 1 aromatic rings. The quantitative estimate of drug-likeness (QED) is 0.710. The van der Waals surface area contributed by atoms with E-state index in [1.54, 1.807) is 0 Å². The summed E-state index contributed by atoms with van der Waals surface area (Å²) in [4.78, 5) is 10.6. The van der Waals surface area contributed by atoms with E-state index in [-0.39, 0.29) is 16.3 Å². The van der Waals surface area contributed by atoms with Gasteiger partial charge in [-0.1, -0.05) is 25.4 Å². The Kier molecular flexibility index (Phi) is 4.94. The second-order valence-electron chi connectivity index (χ2n) is 2.22. The average molecular weight is 219 g/mol. The highest BCUT2D eigenvalue weighted by Crippen LogP contribution is 2.21. The molecular formula is C9H12ClFN2O. The minimum absolute atomic E-state index is 0.0237. The Morgan fingerprint density at radius 2 is 1.93 bits per heavy atom. The van der Waals surface area contributed by atoms with Crippen LogP contribution in [-0.2, 0) is 0 Å². The summed E-state index contributed by atoms with van der Waals surface area (Å²) < 4.78 is 12.7. The molecule has 1 rings (SSSR count). The van der Waals surface area contributed by atoms with E-state index in [4.69, 9.17) is 23.1 Å². The molecule has 0 spiro atoms. The number of rotatable bonds is 1. The molecule has 5 heteroatoms. The van der Waals surface area contributed by atoms with Gasteiger partial charge in [-0.3, -0.25) is 4.79 Å². The molecule has 0 bridgehead atoms. The molecule has 0 aliphatic rings. The fourth-order valence-electron chi connectivity index (χ4n) is 0.755. The monoisotopic (exact) mass is 218 g/mol. The number of carbonyl (C=O) groups is 1. The summed E-state index contributed by atoms with van der Waals surface area (Å²) in [5.41, 5.74) is 10.00. The van der Waals surface area contributed by atoms with Crippen LogP contribution in [0.1, 0.15) is 24.2 Å². The predicted molar refractivity (Wildman–Crippen MR) is 55.7 cm³/mol. The molecule has 0 radical (unpaired) electrons. The molecule has 0 unspecified atom stereocenters. The maximum absolute atomic E-state index is 12.7. The van der Waals surface area contributed by atoms with Gasteiger partial charge in [0.05, 0.1) is 16.3 Å². The molecule has 0 heterocycles. The lowest BCUT2D eigenvalue weighted by Gasteiger charge is -2.01. The van der Waals surface area contributed by atoms with Gasteiger partial charge >= 0.3 is 0 Å². The number of nitrogen functional groups attached to an aromatic ring is 1. The molecule has 0 saturated heterocycles. The van der Waals surface area contributed by atoms with Crippen LogP contribution in [0.25, 0.3) is 0 Å². The minimum atomic E-state index is -0.730.